The van der Waals surface area contributed by atoms with Gasteiger partial charge in [-0.05, 0) is 0 Å². The molecule has 0 atom stereocenters. The highest BCUT2D eigenvalue weighted by Gasteiger charge is 2.04. The molecule has 2 heterocycles. The van der Waals surface area contributed by atoms with Gasteiger partial charge in [0.1, 0.15) is 5.69 Å². The average Bonchev–Trinajstić information content (AvgIpc) is 2.66. The van der Waals surface area contributed by atoms with Crippen LogP contribution >= 0.6 is 11.3 Å². The fraction of sp³-hybridized carbons (Fsp3) is 0.111. The summed E-state index contributed by atoms with van der Waals surface area (Å²) >= 11 is 1.40. The number of hydrogen-bond donors (Lipinski definition) is 0. The standard InChI is InChI=1S/C9H8N4OS/c1-13-4-5-15-9(13)12-8(14)7-6-10-2-3-11-7/h2-6H,1H3. The van der Waals surface area contributed by atoms with Crippen molar-refractivity contribution in [3.63, 3.8) is 0 Å². The number of aryl methyl sites for hydroxylation is 1. The molecule has 0 aliphatic heterocycles. The third-order valence-electron chi connectivity index (χ3n) is 1.74. The highest BCUT2D eigenvalue weighted by molar-refractivity contribution is 7.07. The summed E-state index contributed by atoms with van der Waals surface area (Å²) in [6, 6.07) is 0. The second kappa shape index (κ2) is 4.14. The first-order chi connectivity index (χ1) is 7.27. The molecule has 0 saturated heterocycles. The summed E-state index contributed by atoms with van der Waals surface area (Å²) < 4.78 is 1.78. The minimum absolute atomic E-state index is 0.255. The summed E-state index contributed by atoms with van der Waals surface area (Å²) in [6.45, 7) is 0. The topological polar surface area (TPSA) is 60.1 Å². The van der Waals surface area contributed by atoms with Crippen LogP contribution in [0.25, 0.3) is 0 Å². The van der Waals surface area contributed by atoms with Crippen LogP contribution in [-0.4, -0.2) is 20.4 Å². The molecule has 2 aromatic rings. The predicted octanol–water partition coefficient (Wildman–Crippen LogP) is 0.618. The largest absolute Gasteiger partial charge is 0.327 e. The summed E-state index contributed by atoms with van der Waals surface area (Å²) in [6.07, 6.45) is 6.23. The number of nitrogens with zero attached hydrogens (tertiary/aromatic N) is 4. The Kier molecular flexibility index (Phi) is 2.68. The van der Waals surface area contributed by atoms with Gasteiger partial charge in [-0.25, -0.2) is 4.98 Å². The Morgan fingerprint density at radius 2 is 2.40 bits per heavy atom. The van der Waals surface area contributed by atoms with Crippen LogP contribution in [0.1, 0.15) is 10.5 Å². The normalized spacial score (nSPS) is 11.7. The minimum Gasteiger partial charge on any atom is -0.327 e. The van der Waals surface area contributed by atoms with Gasteiger partial charge in [-0.2, -0.15) is 4.99 Å². The Morgan fingerprint density at radius 3 is 3.00 bits per heavy atom. The molecule has 0 aliphatic carbocycles. The van der Waals surface area contributed by atoms with Crippen molar-refractivity contribution in [2.75, 3.05) is 0 Å². The zero-order valence-corrected chi connectivity index (χ0v) is 8.81. The van der Waals surface area contributed by atoms with E-state index in [0.717, 1.165) is 0 Å². The number of carbonyl (C=O) groups excluding carboxylic acids is 1. The molecule has 2 aromatic heterocycles. The van der Waals surface area contributed by atoms with Gasteiger partial charge in [0.2, 0.25) is 0 Å². The van der Waals surface area contributed by atoms with Crippen molar-refractivity contribution in [2.45, 2.75) is 0 Å². The Hall–Kier alpha value is -1.82. The van der Waals surface area contributed by atoms with Gasteiger partial charge in [0.15, 0.2) is 4.80 Å². The van der Waals surface area contributed by atoms with Crippen LogP contribution in [-0.2, 0) is 7.05 Å². The van der Waals surface area contributed by atoms with Gasteiger partial charge < -0.3 is 4.57 Å². The number of carbonyl (C=O) groups is 1. The molecule has 0 fully saturated rings. The summed E-state index contributed by atoms with van der Waals surface area (Å²) in [4.78, 5) is 23.9. The van der Waals surface area contributed by atoms with Crippen LogP contribution < -0.4 is 4.80 Å². The van der Waals surface area contributed by atoms with Crippen LogP contribution in [0, 0.1) is 0 Å². The number of rotatable bonds is 1. The summed E-state index contributed by atoms with van der Waals surface area (Å²) in [5.41, 5.74) is 0.255. The van der Waals surface area contributed by atoms with Crippen LogP contribution in [0.2, 0.25) is 0 Å². The highest BCUT2D eigenvalue weighted by atomic mass is 32.1. The quantitative estimate of drug-likeness (QED) is 0.707. The van der Waals surface area contributed by atoms with Gasteiger partial charge in [-0.3, -0.25) is 9.78 Å². The molecule has 2 rings (SSSR count). The monoisotopic (exact) mass is 220 g/mol. The van der Waals surface area contributed by atoms with E-state index in [0.29, 0.717) is 4.80 Å². The van der Waals surface area contributed by atoms with Crippen molar-refractivity contribution in [1.29, 1.82) is 0 Å². The number of hydrogen-bond acceptors (Lipinski definition) is 4. The lowest BCUT2D eigenvalue weighted by Gasteiger charge is -1.92. The molecule has 0 bridgehead atoms. The molecule has 6 heteroatoms. The lowest BCUT2D eigenvalue weighted by Crippen LogP contribution is -2.13. The molecular formula is C9H8N4OS. The Morgan fingerprint density at radius 1 is 1.53 bits per heavy atom. The van der Waals surface area contributed by atoms with Gasteiger partial charge >= 0.3 is 0 Å². The minimum atomic E-state index is -0.374. The summed E-state index contributed by atoms with van der Waals surface area (Å²) in [5.74, 6) is -0.374. The van der Waals surface area contributed by atoms with Crippen molar-refractivity contribution >= 4 is 17.2 Å². The first-order valence-corrected chi connectivity index (χ1v) is 5.10. The maximum Gasteiger partial charge on any atom is 0.299 e. The van der Waals surface area contributed by atoms with Crippen molar-refractivity contribution in [3.8, 4) is 0 Å². The lowest BCUT2D eigenvalue weighted by atomic mass is 10.4. The third-order valence-corrected chi connectivity index (χ3v) is 2.59. The molecule has 76 valence electrons. The molecule has 15 heavy (non-hydrogen) atoms. The van der Waals surface area contributed by atoms with E-state index in [9.17, 15) is 4.79 Å². The number of aromatic nitrogens is 3. The molecule has 0 radical (unpaired) electrons. The average molecular weight is 220 g/mol. The van der Waals surface area contributed by atoms with Gasteiger partial charge in [-0.15, -0.1) is 11.3 Å². The van der Waals surface area contributed by atoms with E-state index in [1.54, 1.807) is 4.57 Å². The smallest absolute Gasteiger partial charge is 0.299 e. The van der Waals surface area contributed by atoms with Crippen LogP contribution in [0.4, 0.5) is 0 Å². The van der Waals surface area contributed by atoms with E-state index in [1.165, 1.54) is 29.9 Å². The lowest BCUT2D eigenvalue weighted by molar-refractivity contribution is 0.0993. The van der Waals surface area contributed by atoms with Gasteiger partial charge in [0, 0.05) is 31.0 Å². The van der Waals surface area contributed by atoms with Crippen LogP contribution in [0.5, 0.6) is 0 Å². The second-order valence-electron chi connectivity index (χ2n) is 2.80. The summed E-state index contributed by atoms with van der Waals surface area (Å²) in [7, 11) is 1.83. The van der Waals surface area contributed by atoms with Gasteiger partial charge in [0.05, 0.1) is 6.20 Å². The van der Waals surface area contributed by atoms with Gasteiger partial charge in [-0.1, -0.05) is 0 Å². The molecule has 0 N–H and O–H groups in total. The van der Waals surface area contributed by atoms with Crippen molar-refractivity contribution in [3.05, 3.63) is 40.7 Å². The van der Waals surface area contributed by atoms with Gasteiger partial charge in [0.25, 0.3) is 5.91 Å². The van der Waals surface area contributed by atoms with E-state index >= 15 is 0 Å². The zero-order chi connectivity index (χ0) is 10.7. The third kappa shape index (κ3) is 2.16. The fourth-order valence-corrected chi connectivity index (χ4v) is 1.72. The second-order valence-corrected chi connectivity index (χ2v) is 3.68. The Balaban J connectivity index is 2.36. The van der Waals surface area contributed by atoms with E-state index < -0.39 is 0 Å². The van der Waals surface area contributed by atoms with Crippen molar-refractivity contribution in [1.82, 2.24) is 14.5 Å². The predicted molar refractivity (Wildman–Crippen MR) is 55.2 cm³/mol. The Bertz CT molecular complexity index is 528. The van der Waals surface area contributed by atoms with Crippen molar-refractivity contribution < 1.29 is 4.79 Å². The van der Waals surface area contributed by atoms with Crippen LogP contribution in [0.3, 0.4) is 0 Å². The molecule has 0 saturated carbocycles. The van der Waals surface area contributed by atoms with E-state index in [2.05, 4.69) is 15.0 Å². The number of amides is 1. The molecule has 5 nitrogen and oxygen atoms in total. The molecule has 0 aromatic carbocycles. The maximum absolute atomic E-state index is 11.6. The van der Waals surface area contributed by atoms with Crippen LogP contribution in [0.15, 0.2) is 35.2 Å². The fourth-order valence-electron chi connectivity index (χ4n) is 0.988. The molecule has 1 amide bonds. The molecule has 0 unspecified atom stereocenters. The SMILES string of the molecule is Cn1ccsc1=NC(=O)c1cnccn1. The highest BCUT2D eigenvalue weighted by Crippen LogP contribution is 1.94. The molecule has 0 aliphatic rings. The zero-order valence-electron chi connectivity index (χ0n) is 7.99. The molecular weight excluding hydrogens is 212 g/mol. The number of thiazole rings is 1. The van der Waals surface area contributed by atoms with E-state index in [-0.39, 0.29) is 11.6 Å². The molecule has 0 spiro atoms. The summed E-state index contributed by atoms with van der Waals surface area (Å²) in [5, 5.41) is 1.86. The van der Waals surface area contributed by atoms with E-state index in [4.69, 9.17) is 0 Å². The Labute approximate surface area is 89.8 Å². The maximum atomic E-state index is 11.6. The van der Waals surface area contributed by atoms with E-state index in [1.807, 2.05) is 18.6 Å². The first kappa shape index (κ1) is 9.72. The van der Waals surface area contributed by atoms with Crippen molar-refractivity contribution in [2.24, 2.45) is 12.0 Å². The first-order valence-electron chi connectivity index (χ1n) is 4.22.